The predicted molar refractivity (Wildman–Crippen MR) is 65.0 cm³/mol. The predicted octanol–water partition coefficient (Wildman–Crippen LogP) is 0.531. The average molecular weight is 226 g/mol. The zero-order chi connectivity index (χ0) is 12.2. The Morgan fingerprint density at radius 3 is 2.88 bits per heavy atom. The van der Waals surface area contributed by atoms with Gasteiger partial charge in [0.2, 0.25) is 5.91 Å². The lowest BCUT2D eigenvalue weighted by atomic mass is 10.1. The fourth-order valence-electron chi connectivity index (χ4n) is 1.25. The molecule has 0 saturated carbocycles. The Bertz CT molecular complexity index is 224. The summed E-state index contributed by atoms with van der Waals surface area (Å²) in [5.74, 6) is 2.60. The summed E-state index contributed by atoms with van der Waals surface area (Å²) in [5, 5.41) is 5.93. The molecular formula is C12H22N2O2. The monoisotopic (exact) mass is 226 g/mol. The van der Waals surface area contributed by atoms with Crippen LogP contribution in [-0.2, 0) is 9.53 Å². The van der Waals surface area contributed by atoms with E-state index in [1.54, 1.807) is 7.11 Å². The van der Waals surface area contributed by atoms with Crippen LogP contribution >= 0.6 is 0 Å². The first-order chi connectivity index (χ1) is 7.74. The summed E-state index contributed by atoms with van der Waals surface area (Å²) in [6.07, 6.45) is 7.65. The van der Waals surface area contributed by atoms with Gasteiger partial charge in [0, 0.05) is 32.7 Å². The zero-order valence-electron chi connectivity index (χ0n) is 10.2. The number of carbonyl (C=O) groups excluding carboxylic acids is 1. The molecule has 0 aromatic carbocycles. The van der Waals surface area contributed by atoms with Crippen LogP contribution < -0.4 is 10.6 Å². The summed E-state index contributed by atoms with van der Waals surface area (Å²) in [6, 6.07) is 0.231. The van der Waals surface area contributed by atoms with Gasteiger partial charge in [0.1, 0.15) is 0 Å². The number of methoxy groups -OCH3 is 1. The highest BCUT2D eigenvalue weighted by molar-refractivity contribution is 5.77. The highest BCUT2D eigenvalue weighted by Gasteiger charge is 2.06. The molecule has 0 rings (SSSR count). The number of hydrogen-bond acceptors (Lipinski definition) is 3. The zero-order valence-corrected chi connectivity index (χ0v) is 10.2. The Labute approximate surface area is 98.1 Å². The molecular weight excluding hydrogens is 204 g/mol. The number of hydrogen-bond donors (Lipinski definition) is 2. The molecule has 92 valence electrons. The summed E-state index contributed by atoms with van der Waals surface area (Å²) in [6.45, 7) is 3.70. The second kappa shape index (κ2) is 10.5. The maximum atomic E-state index is 11.4. The number of rotatable bonds is 9. The molecule has 1 atom stereocenters. The Kier molecular flexibility index (Phi) is 9.78. The van der Waals surface area contributed by atoms with Crippen LogP contribution in [0.2, 0.25) is 0 Å². The average Bonchev–Trinajstić information content (AvgIpc) is 2.30. The Morgan fingerprint density at radius 2 is 2.31 bits per heavy atom. The Morgan fingerprint density at radius 1 is 1.56 bits per heavy atom. The number of carbonyl (C=O) groups is 1. The fraction of sp³-hybridized carbons (Fsp3) is 0.750. The highest BCUT2D eigenvalue weighted by Crippen LogP contribution is 1.94. The first-order valence-electron chi connectivity index (χ1n) is 5.67. The lowest BCUT2D eigenvalue weighted by Crippen LogP contribution is -2.39. The first-order valence-corrected chi connectivity index (χ1v) is 5.67. The maximum absolute atomic E-state index is 11.4. The molecule has 0 fully saturated rings. The Balaban J connectivity index is 3.52. The van der Waals surface area contributed by atoms with Crippen molar-refractivity contribution in [2.45, 2.75) is 32.2 Å². The van der Waals surface area contributed by atoms with E-state index in [0.717, 1.165) is 12.8 Å². The van der Waals surface area contributed by atoms with Gasteiger partial charge in [0.05, 0.1) is 6.54 Å². The summed E-state index contributed by atoms with van der Waals surface area (Å²) >= 11 is 0. The number of terminal acetylenes is 1. The van der Waals surface area contributed by atoms with Gasteiger partial charge in [0.15, 0.2) is 0 Å². The Hall–Kier alpha value is -1.05. The van der Waals surface area contributed by atoms with Crippen molar-refractivity contribution in [1.82, 2.24) is 10.6 Å². The second-order valence-corrected chi connectivity index (χ2v) is 3.59. The smallest absolute Gasteiger partial charge is 0.233 e. The molecule has 2 N–H and O–H groups in total. The van der Waals surface area contributed by atoms with E-state index in [9.17, 15) is 4.79 Å². The van der Waals surface area contributed by atoms with E-state index in [1.807, 2.05) is 6.92 Å². The van der Waals surface area contributed by atoms with Crippen molar-refractivity contribution < 1.29 is 9.53 Å². The summed E-state index contributed by atoms with van der Waals surface area (Å²) in [5.41, 5.74) is 0. The molecule has 0 aromatic rings. The minimum Gasteiger partial charge on any atom is -0.385 e. The van der Waals surface area contributed by atoms with E-state index in [0.29, 0.717) is 26.1 Å². The number of amides is 1. The second-order valence-electron chi connectivity index (χ2n) is 3.59. The summed E-state index contributed by atoms with van der Waals surface area (Å²) < 4.78 is 4.88. The largest absolute Gasteiger partial charge is 0.385 e. The van der Waals surface area contributed by atoms with E-state index in [1.165, 1.54) is 0 Å². The van der Waals surface area contributed by atoms with Gasteiger partial charge < -0.3 is 15.4 Å². The quantitative estimate of drug-likeness (QED) is 0.445. The number of ether oxygens (including phenoxy) is 1. The van der Waals surface area contributed by atoms with Crippen molar-refractivity contribution in [3.05, 3.63) is 0 Å². The minimum atomic E-state index is 0.00609. The highest BCUT2D eigenvalue weighted by atomic mass is 16.5. The molecule has 0 bridgehead atoms. The van der Waals surface area contributed by atoms with Crippen LogP contribution in [0.5, 0.6) is 0 Å². The third-order valence-corrected chi connectivity index (χ3v) is 2.26. The van der Waals surface area contributed by atoms with Crippen molar-refractivity contribution in [2.75, 3.05) is 26.8 Å². The van der Waals surface area contributed by atoms with Crippen molar-refractivity contribution in [3.8, 4) is 12.3 Å². The van der Waals surface area contributed by atoms with Gasteiger partial charge in [-0.25, -0.2) is 0 Å². The van der Waals surface area contributed by atoms with Gasteiger partial charge in [-0.15, -0.1) is 12.3 Å². The standard InChI is InChI=1S/C12H22N2O2/c1-4-7-11(5-2)14-10-12(15)13-8-6-9-16-3/h1,11,14H,5-10H2,2-3H3,(H,13,15). The van der Waals surface area contributed by atoms with E-state index in [2.05, 4.69) is 16.6 Å². The molecule has 0 aromatic heterocycles. The molecule has 0 aliphatic heterocycles. The van der Waals surface area contributed by atoms with Crippen LogP contribution in [0.15, 0.2) is 0 Å². The normalized spacial score (nSPS) is 11.8. The SMILES string of the molecule is C#CCC(CC)NCC(=O)NCCCOC. The van der Waals surface area contributed by atoms with Crippen LogP contribution in [0.3, 0.4) is 0 Å². The molecule has 0 heterocycles. The van der Waals surface area contributed by atoms with Crippen LogP contribution in [0, 0.1) is 12.3 Å². The molecule has 1 amide bonds. The molecule has 0 aliphatic carbocycles. The third-order valence-electron chi connectivity index (χ3n) is 2.26. The lowest BCUT2D eigenvalue weighted by Gasteiger charge is -2.13. The number of nitrogens with one attached hydrogen (secondary N) is 2. The van der Waals surface area contributed by atoms with Crippen LogP contribution in [0.4, 0.5) is 0 Å². The van der Waals surface area contributed by atoms with Gasteiger partial charge in [0.25, 0.3) is 0 Å². The molecule has 1 unspecified atom stereocenters. The van der Waals surface area contributed by atoms with E-state index >= 15 is 0 Å². The van der Waals surface area contributed by atoms with Crippen molar-refractivity contribution >= 4 is 5.91 Å². The van der Waals surface area contributed by atoms with Gasteiger partial charge in [-0.05, 0) is 12.8 Å². The van der Waals surface area contributed by atoms with Gasteiger partial charge in [-0.2, -0.15) is 0 Å². The minimum absolute atomic E-state index is 0.00609. The van der Waals surface area contributed by atoms with Crippen molar-refractivity contribution in [3.63, 3.8) is 0 Å². The third kappa shape index (κ3) is 8.27. The summed E-state index contributed by atoms with van der Waals surface area (Å²) in [7, 11) is 1.65. The van der Waals surface area contributed by atoms with Crippen molar-refractivity contribution in [1.29, 1.82) is 0 Å². The van der Waals surface area contributed by atoms with Crippen LogP contribution in [-0.4, -0.2) is 38.8 Å². The summed E-state index contributed by atoms with van der Waals surface area (Å²) in [4.78, 5) is 11.4. The molecule has 4 nitrogen and oxygen atoms in total. The molecule has 0 saturated heterocycles. The fourth-order valence-corrected chi connectivity index (χ4v) is 1.25. The maximum Gasteiger partial charge on any atom is 0.233 e. The molecule has 0 spiro atoms. The van der Waals surface area contributed by atoms with Crippen LogP contribution in [0.25, 0.3) is 0 Å². The molecule has 0 radical (unpaired) electrons. The lowest BCUT2D eigenvalue weighted by molar-refractivity contribution is -0.120. The van der Waals surface area contributed by atoms with Gasteiger partial charge >= 0.3 is 0 Å². The van der Waals surface area contributed by atoms with Gasteiger partial charge in [-0.3, -0.25) is 4.79 Å². The van der Waals surface area contributed by atoms with Gasteiger partial charge in [-0.1, -0.05) is 6.92 Å². The van der Waals surface area contributed by atoms with E-state index in [-0.39, 0.29) is 11.9 Å². The van der Waals surface area contributed by atoms with Crippen LogP contribution in [0.1, 0.15) is 26.2 Å². The topological polar surface area (TPSA) is 50.4 Å². The van der Waals surface area contributed by atoms with E-state index in [4.69, 9.17) is 11.2 Å². The van der Waals surface area contributed by atoms with Crippen molar-refractivity contribution in [2.24, 2.45) is 0 Å². The molecule has 4 heteroatoms. The molecule has 0 aliphatic rings. The first kappa shape index (κ1) is 14.9. The van der Waals surface area contributed by atoms with E-state index < -0.39 is 0 Å². The molecule has 16 heavy (non-hydrogen) atoms.